The summed E-state index contributed by atoms with van der Waals surface area (Å²) in [5.74, 6) is 0.135. The van der Waals surface area contributed by atoms with E-state index >= 15 is 0 Å². The molecule has 1 atom stereocenters. The second-order valence-corrected chi connectivity index (χ2v) is 6.22. The van der Waals surface area contributed by atoms with Crippen LogP contribution in [0.2, 0.25) is 0 Å². The first-order valence-corrected chi connectivity index (χ1v) is 8.57. The van der Waals surface area contributed by atoms with Crippen molar-refractivity contribution in [3.8, 4) is 11.6 Å². The van der Waals surface area contributed by atoms with Crippen LogP contribution in [0.15, 0.2) is 65.4 Å². The highest BCUT2D eigenvalue weighted by Crippen LogP contribution is 2.25. The summed E-state index contributed by atoms with van der Waals surface area (Å²) >= 11 is 3.42. The summed E-state index contributed by atoms with van der Waals surface area (Å²) in [7, 11) is 0. The first-order valence-electron chi connectivity index (χ1n) is 7.78. The zero-order chi connectivity index (χ0) is 17.6. The number of benzene rings is 1. The molecule has 0 aliphatic rings. The van der Waals surface area contributed by atoms with E-state index in [0.29, 0.717) is 16.9 Å². The van der Waals surface area contributed by atoms with E-state index in [0.717, 1.165) is 11.4 Å². The van der Waals surface area contributed by atoms with Gasteiger partial charge in [0.2, 0.25) is 5.88 Å². The molecular weight excluding hydrogens is 384 g/mol. The Balaban J connectivity index is 1.61. The Morgan fingerprint density at radius 1 is 1.24 bits per heavy atom. The lowest BCUT2D eigenvalue weighted by molar-refractivity contribution is -0.127. The van der Waals surface area contributed by atoms with Gasteiger partial charge in [0.15, 0.2) is 6.10 Å². The molecule has 0 spiro atoms. The van der Waals surface area contributed by atoms with Crippen LogP contribution in [0.25, 0.3) is 5.69 Å². The summed E-state index contributed by atoms with van der Waals surface area (Å²) in [6.45, 7) is 2.04. The van der Waals surface area contributed by atoms with Crippen LogP contribution in [0.1, 0.15) is 12.6 Å². The Labute approximate surface area is 154 Å². The zero-order valence-corrected chi connectivity index (χ0v) is 15.2. The number of halogens is 1. The number of ether oxygens (including phenoxy) is 1. The van der Waals surface area contributed by atoms with E-state index in [4.69, 9.17) is 4.74 Å². The highest BCUT2D eigenvalue weighted by Gasteiger charge is 2.18. The largest absolute Gasteiger partial charge is 0.463 e. The van der Waals surface area contributed by atoms with Crippen molar-refractivity contribution in [2.75, 3.05) is 0 Å². The van der Waals surface area contributed by atoms with Gasteiger partial charge in [0, 0.05) is 12.4 Å². The molecular formula is C18H17BrN4O2. The number of carbonyl (C=O) groups excluding carboxylic acids is 1. The van der Waals surface area contributed by atoms with Crippen LogP contribution >= 0.6 is 15.9 Å². The Bertz CT molecular complexity index is 837. The van der Waals surface area contributed by atoms with Gasteiger partial charge in [-0.05, 0) is 47.1 Å². The number of hydrogen-bond donors (Lipinski definition) is 1. The van der Waals surface area contributed by atoms with E-state index in [-0.39, 0.29) is 5.91 Å². The van der Waals surface area contributed by atoms with Crippen molar-refractivity contribution >= 4 is 21.8 Å². The molecule has 0 aliphatic heterocycles. The van der Waals surface area contributed by atoms with Crippen molar-refractivity contribution in [1.82, 2.24) is 20.1 Å². The van der Waals surface area contributed by atoms with Crippen molar-refractivity contribution in [3.63, 3.8) is 0 Å². The van der Waals surface area contributed by atoms with Gasteiger partial charge in [-0.1, -0.05) is 24.3 Å². The minimum Gasteiger partial charge on any atom is -0.463 e. The Kier molecular flexibility index (Phi) is 5.45. The molecule has 1 amide bonds. The van der Waals surface area contributed by atoms with Crippen LogP contribution in [0, 0.1) is 0 Å². The molecule has 2 heterocycles. The van der Waals surface area contributed by atoms with Crippen LogP contribution in [0.3, 0.4) is 0 Å². The lowest BCUT2D eigenvalue weighted by Gasteiger charge is -2.13. The fourth-order valence-corrected chi connectivity index (χ4v) is 2.54. The van der Waals surface area contributed by atoms with Gasteiger partial charge < -0.3 is 10.1 Å². The number of nitrogens with zero attached hydrogens (tertiary/aromatic N) is 3. The highest BCUT2D eigenvalue weighted by molar-refractivity contribution is 9.10. The number of amides is 1. The van der Waals surface area contributed by atoms with Crippen molar-refractivity contribution < 1.29 is 9.53 Å². The molecule has 1 aromatic carbocycles. The van der Waals surface area contributed by atoms with E-state index in [1.807, 2.05) is 48.5 Å². The zero-order valence-electron chi connectivity index (χ0n) is 13.6. The minimum atomic E-state index is -0.681. The molecule has 0 fully saturated rings. The van der Waals surface area contributed by atoms with Gasteiger partial charge in [-0.15, -0.1) is 5.10 Å². The SMILES string of the molecule is C[C@H](Oc1nn(-c2ccccc2)cc1Br)C(=O)NCc1ccccn1. The van der Waals surface area contributed by atoms with Crippen LogP contribution in [0.4, 0.5) is 0 Å². The maximum Gasteiger partial charge on any atom is 0.261 e. The average Bonchev–Trinajstić information content (AvgIpc) is 3.02. The molecule has 0 saturated heterocycles. The van der Waals surface area contributed by atoms with E-state index in [9.17, 15) is 4.79 Å². The second kappa shape index (κ2) is 7.94. The topological polar surface area (TPSA) is 69.0 Å². The molecule has 3 aromatic rings. The summed E-state index contributed by atoms with van der Waals surface area (Å²) in [5, 5.41) is 7.18. The van der Waals surface area contributed by atoms with E-state index in [2.05, 4.69) is 31.3 Å². The van der Waals surface area contributed by atoms with E-state index in [1.165, 1.54) is 0 Å². The Hall–Kier alpha value is -2.67. The molecule has 0 aliphatic carbocycles. The van der Waals surface area contributed by atoms with Crippen molar-refractivity contribution in [1.29, 1.82) is 0 Å². The molecule has 0 radical (unpaired) electrons. The van der Waals surface area contributed by atoms with Gasteiger partial charge in [-0.2, -0.15) is 0 Å². The molecule has 3 rings (SSSR count). The average molecular weight is 401 g/mol. The van der Waals surface area contributed by atoms with Gasteiger partial charge in [0.25, 0.3) is 5.91 Å². The number of para-hydroxylation sites is 1. The van der Waals surface area contributed by atoms with E-state index < -0.39 is 6.10 Å². The summed E-state index contributed by atoms with van der Waals surface area (Å²) in [6.07, 6.45) is 2.80. The van der Waals surface area contributed by atoms with Gasteiger partial charge in [0.05, 0.1) is 22.4 Å². The lowest BCUT2D eigenvalue weighted by atomic mass is 10.3. The fraction of sp³-hybridized carbons (Fsp3) is 0.167. The quantitative estimate of drug-likeness (QED) is 0.689. The van der Waals surface area contributed by atoms with Crippen LogP contribution in [-0.4, -0.2) is 26.8 Å². The van der Waals surface area contributed by atoms with Crippen LogP contribution < -0.4 is 10.1 Å². The number of aromatic nitrogens is 3. The standard InChI is InChI=1S/C18H17BrN4O2/c1-13(17(24)21-11-14-7-5-6-10-20-14)25-18-16(19)12-23(22-18)15-8-3-2-4-9-15/h2-10,12-13H,11H2,1H3,(H,21,24)/t13-/m0/s1. The summed E-state index contributed by atoms with van der Waals surface area (Å²) in [5.41, 5.74) is 1.70. The first kappa shape index (κ1) is 17.2. The van der Waals surface area contributed by atoms with Crippen LogP contribution in [-0.2, 0) is 11.3 Å². The molecule has 2 aromatic heterocycles. The number of nitrogens with one attached hydrogen (secondary N) is 1. The summed E-state index contributed by atoms with van der Waals surface area (Å²) in [4.78, 5) is 16.4. The number of carbonyl (C=O) groups is 1. The monoisotopic (exact) mass is 400 g/mol. The Morgan fingerprint density at radius 3 is 2.72 bits per heavy atom. The van der Waals surface area contributed by atoms with Crippen molar-refractivity contribution in [2.45, 2.75) is 19.6 Å². The van der Waals surface area contributed by atoms with Gasteiger partial charge in [0.1, 0.15) is 0 Å². The Morgan fingerprint density at radius 2 is 2.00 bits per heavy atom. The lowest BCUT2D eigenvalue weighted by Crippen LogP contribution is -2.36. The predicted molar refractivity (Wildman–Crippen MR) is 97.4 cm³/mol. The number of rotatable bonds is 6. The van der Waals surface area contributed by atoms with E-state index in [1.54, 1.807) is 24.0 Å². The van der Waals surface area contributed by atoms with Gasteiger partial charge in [-0.25, -0.2) is 4.68 Å². The first-order chi connectivity index (χ1) is 12.1. The summed E-state index contributed by atoms with van der Waals surface area (Å²) < 4.78 is 8.06. The van der Waals surface area contributed by atoms with Crippen molar-refractivity contribution in [3.05, 3.63) is 71.1 Å². The second-order valence-electron chi connectivity index (χ2n) is 5.36. The van der Waals surface area contributed by atoms with Gasteiger partial charge >= 0.3 is 0 Å². The molecule has 1 N–H and O–H groups in total. The third-order valence-corrected chi connectivity index (χ3v) is 4.03. The normalized spacial score (nSPS) is 11.8. The third-order valence-electron chi connectivity index (χ3n) is 3.49. The molecule has 0 bridgehead atoms. The number of hydrogen-bond acceptors (Lipinski definition) is 4. The molecule has 0 saturated carbocycles. The number of pyridine rings is 1. The minimum absolute atomic E-state index is 0.230. The molecule has 25 heavy (non-hydrogen) atoms. The van der Waals surface area contributed by atoms with Crippen molar-refractivity contribution in [2.24, 2.45) is 0 Å². The maximum absolute atomic E-state index is 12.2. The van der Waals surface area contributed by atoms with Crippen LogP contribution in [0.5, 0.6) is 5.88 Å². The smallest absolute Gasteiger partial charge is 0.261 e. The third kappa shape index (κ3) is 4.45. The molecule has 7 heteroatoms. The highest BCUT2D eigenvalue weighted by atomic mass is 79.9. The predicted octanol–water partition coefficient (Wildman–Crippen LogP) is 3.11. The molecule has 0 unspecified atom stereocenters. The molecule has 6 nitrogen and oxygen atoms in total. The van der Waals surface area contributed by atoms with Gasteiger partial charge in [-0.3, -0.25) is 9.78 Å². The fourth-order valence-electron chi connectivity index (χ4n) is 2.17. The molecule has 128 valence electrons. The summed E-state index contributed by atoms with van der Waals surface area (Å²) in [6, 6.07) is 15.2. The maximum atomic E-state index is 12.2.